The van der Waals surface area contributed by atoms with Crippen LogP contribution in [0, 0.1) is 12.8 Å². The molecule has 3 aromatic rings. The average molecular weight is 488 g/mol. The Labute approximate surface area is 196 Å². The van der Waals surface area contributed by atoms with Crippen LogP contribution in [0.5, 0.6) is 0 Å². The van der Waals surface area contributed by atoms with E-state index in [1.54, 1.807) is 19.2 Å². The van der Waals surface area contributed by atoms with Crippen LogP contribution in [0.1, 0.15) is 48.1 Å². The highest BCUT2D eigenvalue weighted by molar-refractivity contribution is 7.89. The van der Waals surface area contributed by atoms with Crippen molar-refractivity contribution in [3.63, 3.8) is 0 Å². The summed E-state index contributed by atoms with van der Waals surface area (Å²) in [5.74, 6) is 0.842. The number of sulfonamides is 1. The third-order valence-corrected chi connectivity index (χ3v) is 9.17. The normalized spacial score (nSPS) is 19.5. The molecule has 0 bridgehead atoms. The van der Waals surface area contributed by atoms with Gasteiger partial charge in [-0.25, -0.2) is 8.42 Å². The number of nitrogens with one attached hydrogen (secondary N) is 1. The van der Waals surface area contributed by atoms with E-state index in [-0.39, 0.29) is 17.3 Å². The summed E-state index contributed by atoms with van der Waals surface area (Å²) in [4.78, 5) is 22.9. The quantitative estimate of drug-likeness (QED) is 0.544. The number of carbonyl (C=O) groups is 1. The molecular weight excluding hydrogens is 462 g/mol. The van der Waals surface area contributed by atoms with Gasteiger partial charge in [0, 0.05) is 30.1 Å². The molecule has 1 amide bonds. The van der Waals surface area contributed by atoms with Crippen molar-refractivity contribution in [2.75, 3.05) is 13.1 Å². The van der Waals surface area contributed by atoms with E-state index in [9.17, 15) is 13.2 Å². The molecule has 1 saturated heterocycles. The number of carbonyl (C=O) groups excluding carboxylic acids is 1. The second-order valence-electron chi connectivity index (χ2n) is 8.50. The summed E-state index contributed by atoms with van der Waals surface area (Å²) in [5.41, 5.74) is 0.763. The topological polar surface area (TPSA) is 118 Å². The van der Waals surface area contributed by atoms with Crippen LogP contribution in [0.4, 0.5) is 0 Å². The number of aromatic nitrogens is 3. The zero-order chi connectivity index (χ0) is 23.0. The fraction of sp³-hybridized carbons (Fsp3) is 0.455. The van der Waals surface area contributed by atoms with E-state index in [1.165, 1.54) is 15.6 Å². The first kappa shape index (κ1) is 22.2. The minimum atomic E-state index is -3.75. The zero-order valence-electron chi connectivity index (χ0n) is 18.2. The Morgan fingerprint density at radius 3 is 2.91 bits per heavy atom. The number of piperidine rings is 1. The van der Waals surface area contributed by atoms with Gasteiger partial charge in [0.2, 0.25) is 27.6 Å². The van der Waals surface area contributed by atoms with E-state index < -0.39 is 15.9 Å². The van der Waals surface area contributed by atoms with Gasteiger partial charge in [0.15, 0.2) is 0 Å². The van der Waals surface area contributed by atoms with Gasteiger partial charge in [-0.2, -0.15) is 9.29 Å². The molecule has 3 aromatic heterocycles. The zero-order valence-corrected chi connectivity index (χ0v) is 19.9. The molecule has 0 aromatic carbocycles. The molecule has 0 radical (unpaired) electrons. The lowest BCUT2D eigenvalue weighted by atomic mass is 9.99. The summed E-state index contributed by atoms with van der Waals surface area (Å²) >= 11 is 1.34. The molecule has 1 N–H and O–H groups in total. The van der Waals surface area contributed by atoms with E-state index in [0.29, 0.717) is 53.3 Å². The molecule has 9 nitrogen and oxygen atoms in total. The van der Waals surface area contributed by atoms with Crippen molar-refractivity contribution in [1.29, 1.82) is 0 Å². The fourth-order valence-electron chi connectivity index (χ4n) is 4.00. The Bertz CT molecular complexity index is 1250. The number of aryl methyl sites for hydroxylation is 1. The first-order valence-corrected chi connectivity index (χ1v) is 13.3. The maximum Gasteiger partial charge on any atom is 0.244 e. The Morgan fingerprint density at radius 2 is 2.15 bits per heavy atom. The molecule has 1 aliphatic carbocycles. The number of hydrogen-bond donors (Lipinski definition) is 1. The van der Waals surface area contributed by atoms with Gasteiger partial charge >= 0.3 is 0 Å². The molecule has 0 spiro atoms. The summed E-state index contributed by atoms with van der Waals surface area (Å²) in [7, 11) is -3.75. The van der Waals surface area contributed by atoms with E-state index >= 15 is 0 Å². The van der Waals surface area contributed by atoms with E-state index in [4.69, 9.17) is 4.52 Å². The summed E-state index contributed by atoms with van der Waals surface area (Å²) in [6, 6.07) is 7.15. The SMILES string of the molecule is Cc1sc(-c2noc(C3CC3)n2)cc1S(=O)(=O)N1CCCC(C(=O)NCc2ccccn2)C1. The van der Waals surface area contributed by atoms with Crippen molar-refractivity contribution in [2.24, 2.45) is 5.92 Å². The van der Waals surface area contributed by atoms with Crippen molar-refractivity contribution in [3.05, 3.63) is 46.9 Å². The highest BCUT2D eigenvalue weighted by atomic mass is 32.2. The smallest absolute Gasteiger partial charge is 0.244 e. The molecule has 1 saturated carbocycles. The van der Waals surface area contributed by atoms with Gasteiger partial charge in [0.25, 0.3) is 0 Å². The van der Waals surface area contributed by atoms with Gasteiger partial charge in [-0.1, -0.05) is 11.2 Å². The fourth-order valence-corrected chi connectivity index (χ4v) is 7.01. The predicted octanol–water partition coefficient (Wildman–Crippen LogP) is 3.10. The van der Waals surface area contributed by atoms with Gasteiger partial charge < -0.3 is 9.84 Å². The number of nitrogens with zero attached hydrogens (tertiary/aromatic N) is 4. The maximum atomic E-state index is 13.5. The molecule has 11 heteroatoms. The first-order chi connectivity index (χ1) is 15.9. The Balaban J connectivity index is 1.28. The molecule has 174 valence electrons. The summed E-state index contributed by atoms with van der Waals surface area (Å²) < 4.78 is 33.6. The highest BCUT2D eigenvalue weighted by Crippen LogP contribution is 2.41. The van der Waals surface area contributed by atoms with Crippen molar-refractivity contribution in [3.8, 4) is 10.7 Å². The number of pyridine rings is 1. The predicted molar refractivity (Wildman–Crippen MR) is 122 cm³/mol. The molecule has 2 aliphatic rings. The average Bonchev–Trinajstić information content (AvgIpc) is 3.42. The number of hydrogen-bond acceptors (Lipinski definition) is 8. The molecule has 1 atom stereocenters. The van der Waals surface area contributed by atoms with Gasteiger partial charge in [-0.15, -0.1) is 11.3 Å². The number of amides is 1. The van der Waals surface area contributed by atoms with Crippen LogP contribution in [-0.2, 0) is 21.4 Å². The van der Waals surface area contributed by atoms with Crippen LogP contribution in [-0.4, -0.2) is 46.8 Å². The molecule has 2 fully saturated rings. The van der Waals surface area contributed by atoms with Crippen molar-refractivity contribution in [2.45, 2.75) is 50.0 Å². The summed E-state index contributed by atoms with van der Waals surface area (Å²) in [5, 5.41) is 6.92. The van der Waals surface area contributed by atoms with Crippen LogP contribution < -0.4 is 5.32 Å². The summed E-state index contributed by atoms with van der Waals surface area (Å²) in [6.45, 7) is 2.66. The molecule has 33 heavy (non-hydrogen) atoms. The van der Waals surface area contributed by atoms with Crippen molar-refractivity contribution < 1.29 is 17.7 Å². The van der Waals surface area contributed by atoms with E-state index in [1.807, 2.05) is 18.2 Å². The monoisotopic (exact) mass is 487 g/mol. The second kappa shape index (κ2) is 8.96. The third kappa shape index (κ3) is 4.71. The van der Waals surface area contributed by atoms with Crippen molar-refractivity contribution in [1.82, 2.24) is 24.7 Å². The van der Waals surface area contributed by atoms with Crippen LogP contribution in [0.25, 0.3) is 10.7 Å². The molecule has 5 rings (SSSR count). The lowest BCUT2D eigenvalue weighted by molar-refractivity contribution is -0.126. The standard InChI is InChI=1S/C22H25N5O4S2/c1-14-19(11-18(32-14)20-25-22(31-26-20)15-7-8-15)33(29,30)27-10-4-5-16(13-27)21(28)24-12-17-6-2-3-9-23-17/h2-3,6,9,11,15-16H,4-5,7-8,10,12-13H2,1H3,(H,24,28). The first-order valence-electron chi connectivity index (χ1n) is 11.0. The Morgan fingerprint density at radius 1 is 1.30 bits per heavy atom. The third-order valence-electron chi connectivity index (χ3n) is 6.00. The van der Waals surface area contributed by atoms with Crippen LogP contribution in [0.3, 0.4) is 0 Å². The van der Waals surface area contributed by atoms with Gasteiger partial charge in [-0.05, 0) is 50.8 Å². The minimum absolute atomic E-state index is 0.150. The van der Waals surface area contributed by atoms with Crippen molar-refractivity contribution >= 4 is 27.3 Å². The highest BCUT2D eigenvalue weighted by Gasteiger charge is 2.35. The maximum absolute atomic E-state index is 13.5. The molecule has 1 unspecified atom stereocenters. The Hall–Kier alpha value is -2.63. The Kier molecular flexibility index (Phi) is 6.02. The molecular formula is C22H25N5O4S2. The van der Waals surface area contributed by atoms with Crippen LogP contribution >= 0.6 is 11.3 Å². The van der Waals surface area contributed by atoms with E-state index in [2.05, 4.69) is 20.4 Å². The van der Waals surface area contributed by atoms with Crippen LogP contribution in [0.15, 0.2) is 39.9 Å². The summed E-state index contributed by atoms with van der Waals surface area (Å²) in [6.07, 6.45) is 5.06. The second-order valence-corrected chi connectivity index (χ2v) is 11.7. The number of thiophene rings is 1. The minimum Gasteiger partial charge on any atom is -0.350 e. The largest absolute Gasteiger partial charge is 0.350 e. The van der Waals surface area contributed by atoms with E-state index in [0.717, 1.165) is 18.5 Å². The van der Waals surface area contributed by atoms with Gasteiger partial charge in [0.05, 0.1) is 27.9 Å². The van der Waals surface area contributed by atoms with Gasteiger partial charge in [0.1, 0.15) is 0 Å². The molecule has 4 heterocycles. The van der Waals surface area contributed by atoms with Gasteiger partial charge in [-0.3, -0.25) is 9.78 Å². The number of rotatable bonds is 7. The molecule has 1 aliphatic heterocycles. The van der Waals surface area contributed by atoms with Crippen LogP contribution in [0.2, 0.25) is 0 Å². The lowest BCUT2D eigenvalue weighted by Crippen LogP contribution is -2.45. The lowest BCUT2D eigenvalue weighted by Gasteiger charge is -2.31.